The van der Waals surface area contributed by atoms with Gasteiger partial charge in [0.15, 0.2) is 0 Å². The number of nitrogens with zero attached hydrogens (tertiary/aromatic N) is 2. The number of hydrogen-bond acceptors (Lipinski definition) is 4. The minimum atomic E-state index is -3.18. The van der Waals surface area contributed by atoms with Gasteiger partial charge in [0, 0.05) is 36.6 Å². The molecular weight excluding hydrogens is 404 g/mol. The number of aromatic carboxylic acids is 1. The quantitative estimate of drug-likeness (QED) is 0.566. The standard InChI is InChI=1S/C23H21F2N3O3/c1-15-12-19(13-20(28-15)21(29)27-14-17-7-10-26-11-8-17)23(24,25)9-6-16-2-4-18(5-3-16)22(30)31/h2-5,7-8,10-13H,6,9,14H2,1H3,(H,27,29)(H,30,31). The van der Waals surface area contributed by atoms with Gasteiger partial charge in [-0.05, 0) is 60.9 Å². The van der Waals surface area contributed by atoms with Gasteiger partial charge in [-0.1, -0.05) is 12.1 Å². The van der Waals surface area contributed by atoms with E-state index in [4.69, 9.17) is 5.11 Å². The van der Waals surface area contributed by atoms with Crippen LogP contribution in [0.15, 0.2) is 60.9 Å². The summed E-state index contributed by atoms with van der Waals surface area (Å²) in [6, 6.07) is 11.7. The highest BCUT2D eigenvalue weighted by Crippen LogP contribution is 2.33. The van der Waals surface area contributed by atoms with Gasteiger partial charge in [0.05, 0.1) is 5.56 Å². The molecule has 0 unspecified atom stereocenters. The lowest BCUT2D eigenvalue weighted by atomic mass is 9.99. The van der Waals surface area contributed by atoms with Crippen molar-refractivity contribution < 1.29 is 23.5 Å². The number of alkyl halides is 2. The number of carbonyl (C=O) groups excluding carboxylic acids is 1. The lowest BCUT2D eigenvalue weighted by molar-refractivity contribution is -0.0132. The summed E-state index contributed by atoms with van der Waals surface area (Å²) in [7, 11) is 0. The van der Waals surface area contributed by atoms with Crippen LogP contribution in [0.1, 0.15) is 49.7 Å². The minimum absolute atomic E-state index is 0.0534. The molecular formula is C23H21F2N3O3. The molecule has 31 heavy (non-hydrogen) atoms. The summed E-state index contributed by atoms with van der Waals surface area (Å²) in [6.07, 6.45) is 2.76. The van der Waals surface area contributed by atoms with E-state index in [-0.39, 0.29) is 29.8 Å². The average Bonchev–Trinajstić information content (AvgIpc) is 2.76. The van der Waals surface area contributed by atoms with Crippen LogP contribution in [0.5, 0.6) is 0 Å². The highest BCUT2D eigenvalue weighted by molar-refractivity contribution is 5.92. The van der Waals surface area contributed by atoms with Gasteiger partial charge in [-0.2, -0.15) is 0 Å². The van der Waals surface area contributed by atoms with Gasteiger partial charge in [0.1, 0.15) is 5.69 Å². The SMILES string of the molecule is Cc1cc(C(F)(F)CCc2ccc(C(=O)O)cc2)cc(C(=O)NCc2ccncc2)n1. The van der Waals surface area contributed by atoms with E-state index >= 15 is 0 Å². The van der Waals surface area contributed by atoms with Gasteiger partial charge in [-0.3, -0.25) is 9.78 Å². The van der Waals surface area contributed by atoms with Crippen molar-refractivity contribution in [3.05, 3.63) is 94.6 Å². The fourth-order valence-corrected chi connectivity index (χ4v) is 3.03. The summed E-state index contributed by atoms with van der Waals surface area (Å²) in [6.45, 7) is 1.79. The maximum absolute atomic E-state index is 14.9. The molecule has 2 heterocycles. The normalized spacial score (nSPS) is 11.2. The number of aromatic nitrogens is 2. The predicted octanol–water partition coefficient (Wildman–Crippen LogP) is 4.14. The summed E-state index contributed by atoms with van der Waals surface area (Å²) in [5.41, 5.74) is 1.49. The maximum Gasteiger partial charge on any atom is 0.335 e. The molecule has 2 aromatic heterocycles. The monoisotopic (exact) mass is 425 g/mol. The number of halogens is 2. The molecule has 0 radical (unpaired) electrons. The molecule has 0 aliphatic carbocycles. The molecule has 1 aromatic carbocycles. The maximum atomic E-state index is 14.9. The Morgan fingerprint density at radius 3 is 2.35 bits per heavy atom. The first kappa shape index (κ1) is 22.0. The van der Waals surface area contributed by atoms with Gasteiger partial charge >= 0.3 is 5.97 Å². The first-order chi connectivity index (χ1) is 14.7. The third-order valence-electron chi connectivity index (χ3n) is 4.74. The Bertz CT molecular complexity index is 1070. The van der Waals surface area contributed by atoms with Crippen LogP contribution in [0.4, 0.5) is 8.78 Å². The van der Waals surface area contributed by atoms with Crippen molar-refractivity contribution in [1.29, 1.82) is 0 Å². The fraction of sp³-hybridized carbons (Fsp3) is 0.217. The Balaban J connectivity index is 1.69. The first-order valence-electron chi connectivity index (χ1n) is 9.61. The number of benzene rings is 1. The minimum Gasteiger partial charge on any atom is -0.478 e. The molecule has 0 aliphatic rings. The Morgan fingerprint density at radius 1 is 1.03 bits per heavy atom. The van der Waals surface area contributed by atoms with Crippen LogP contribution in [0.3, 0.4) is 0 Å². The zero-order valence-electron chi connectivity index (χ0n) is 16.8. The van der Waals surface area contributed by atoms with Crippen LogP contribution < -0.4 is 5.32 Å². The van der Waals surface area contributed by atoms with E-state index in [1.165, 1.54) is 30.3 Å². The van der Waals surface area contributed by atoms with Crippen molar-refractivity contribution in [2.24, 2.45) is 0 Å². The van der Waals surface area contributed by atoms with Crippen LogP contribution in [0, 0.1) is 6.92 Å². The number of amides is 1. The Hall–Kier alpha value is -3.68. The van der Waals surface area contributed by atoms with Gasteiger partial charge in [-0.25, -0.2) is 18.6 Å². The number of nitrogens with one attached hydrogen (secondary N) is 1. The second-order valence-electron chi connectivity index (χ2n) is 7.13. The van der Waals surface area contributed by atoms with E-state index in [2.05, 4.69) is 15.3 Å². The van der Waals surface area contributed by atoms with Crippen molar-refractivity contribution in [3.63, 3.8) is 0 Å². The molecule has 0 aliphatic heterocycles. The Labute approximate surface area is 178 Å². The fourth-order valence-electron chi connectivity index (χ4n) is 3.03. The van der Waals surface area contributed by atoms with Crippen LogP contribution in [0.25, 0.3) is 0 Å². The van der Waals surface area contributed by atoms with E-state index in [1.807, 2.05) is 0 Å². The summed E-state index contributed by atoms with van der Waals surface area (Å²) in [5, 5.41) is 11.6. The smallest absolute Gasteiger partial charge is 0.335 e. The molecule has 0 bridgehead atoms. The second-order valence-corrected chi connectivity index (χ2v) is 7.13. The number of rotatable bonds is 8. The molecule has 3 rings (SSSR count). The topological polar surface area (TPSA) is 92.2 Å². The molecule has 0 atom stereocenters. The summed E-state index contributed by atoms with van der Waals surface area (Å²) in [4.78, 5) is 31.3. The van der Waals surface area contributed by atoms with Gasteiger partial charge in [0.2, 0.25) is 0 Å². The summed E-state index contributed by atoms with van der Waals surface area (Å²) >= 11 is 0. The Morgan fingerprint density at radius 2 is 1.71 bits per heavy atom. The molecule has 8 heteroatoms. The third kappa shape index (κ3) is 5.91. The third-order valence-corrected chi connectivity index (χ3v) is 4.74. The van der Waals surface area contributed by atoms with Crippen LogP contribution in [-0.4, -0.2) is 27.0 Å². The number of carboxylic acids is 1. The number of hydrogen-bond donors (Lipinski definition) is 2. The molecule has 0 saturated heterocycles. The van der Waals surface area contributed by atoms with Gasteiger partial charge in [-0.15, -0.1) is 0 Å². The highest BCUT2D eigenvalue weighted by Gasteiger charge is 2.32. The molecule has 160 valence electrons. The number of pyridine rings is 2. The number of aryl methyl sites for hydroxylation is 2. The molecule has 2 N–H and O–H groups in total. The zero-order chi connectivity index (χ0) is 22.4. The van der Waals surface area contributed by atoms with Crippen molar-refractivity contribution in [2.45, 2.75) is 32.2 Å². The van der Waals surface area contributed by atoms with Crippen molar-refractivity contribution in [3.8, 4) is 0 Å². The van der Waals surface area contributed by atoms with Crippen molar-refractivity contribution in [1.82, 2.24) is 15.3 Å². The molecule has 0 saturated carbocycles. The lowest BCUT2D eigenvalue weighted by Crippen LogP contribution is -2.25. The summed E-state index contributed by atoms with van der Waals surface area (Å²) < 4.78 is 29.7. The largest absolute Gasteiger partial charge is 0.478 e. The highest BCUT2D eigenvalue weighted by atomic mass is 19.3. The molecule has 6 nitrogen and oxygen atoms in total. The van der Waals surface area contributed by atoms with E-state index in [1.54, 1.807) is 31.5 Å². The van der Waals surface area contributed by atoms with Crippen LogP contribution >= 0.6 is 0 Å². The summed E-state index contributed by atoms with van der Waals surface area (Å²) in [5.74, 6) is -4.79. The lowest BCUT2D eigenvalue weighted by Gasteiger charge is -2.18. The second kappa shape index (κ2) is 9.42. The number of carbonyl (C=O) groups is 2. The van der Waals surface area contributed by atoms with E-state index in [0.29, 0.717) is 11.3 Å². The van der Waals surface area contributed by atoms with E-state index in [0.717, 1.165) is 11.6 Å². The van der Waals surface area contributed by atoms with Crippen molar-refractivity contribution >= 4 is 11.9 Å². The van der Waals surface area contributed by atoms with Gasteiger partial charge < -0.3 is 10.4 Å². The first-order valence-corrected chi connectivity index (χ1v) is 9.61. The molecule has 1 amide bonds. The zero-order valence-corrected chi connectivity index (χ0v) is 16.8. The molecule has 0 spiro atoms. The Kier molecular flexibility index (Phi) is 6.69. The van der Waals surface area contributed by atoms with Crippen molar-refractivity contribution in [2.75, 3.05) is 0 Å². The molecule has 3 aromatic rings. The van der Waals surface area contributed by atoms with Gasteiger partial charge in [0.25, 0.3) is 11.8 Å². The van der Waals surface area contributed by atoms with Crippen LogP contribution in [-0.2, 0) is 18.9 Å². The number of carboxylic acid groups (broad SMARTS) is 1. The average molecular weight is 425 g/mol. The van der Waals surface area contributed by atoms with E-state index < -0.39 is 24.2 Å². The van der Waals surface area contributed by atoms with E-state index in [9.17, 15) is 18.4 Å². The molecule has 0 fully saturated rings. The van der Waals surface area contributed by atoms with Crippen LogP contribution in [0.2, 0.25) is 0 Å². The predicted molar refractivity (Wildman–Crippen MR) is 110 cm³/mol.